The molecule has 0 saturated carbocycles. The SMILES string of the molecule is CC1(Cl)C(c2ccccc2)=CC=CC1(NC(=O)c1ccc(CN2CCC(O)C2)cn1)c1nc2cc(CN3CCCCC3C(=O)O)cc(Cl)c2o1. The number of aliphatic hydroxyl groups is 1. The van der Waals surface area contributed by atoms with Crippen molar-refractivity contribution < 1.29 is 24.2 Å². The van der Waals surface area contributed by atoms with Crippen LogP contribution in [0.15, 0.2) is 83.4 Å². The van der Waals surface area contributed by atoms with Crippen molar-refractivity contribution in [1.82, 2.24) is 25.1 Å². The van der Waals surface area contributed by atoms with Crippen LogP contribution in [-0.2, 0) is 23.4 Å². The zero-order chi connectivity index (χ0) is 35.0. The average molecular weight is 717 g/mol. The van der Waals surface area contributed by atoms with Gasteiger partial charge in [-0.1, -0.05) is 66.6 Å². The van der Waals surface area contributed by atoms with Crippen molar-refractivity contribution in [1.29, 1.82) is 0 Å². The predicted molar refractivity (Wildman–Crippen MR) is 192 cm³/mol. The first-order valence-corrected chi connectivity index (χ1v) is 17.7. The van der Waals surface area contributed by atoms with Gasteiger partial charge in [0, 0.05) is 32.4 Å². The number of amides is 1. The van der Waals surface area contributed by atoms with Crippen LogP contribution in [0.4, 0.5) is 0 Å². The summed E-state index contributed by atoms with van der Waals surface area (Å²) in [6.07, 6.45) is 10.0. The van der Waals surface area contributed by atoms with Crippen LogP contribution in [0.2, 0.25) is 5.02 Å². The van der Waals surface area contributed by atoms with Crippen molar-refractivity contribution in [3.8, 4) is 0 Å². The van der Waals surface area contributed by atoms with Crippen molar-refractivity contribution in [3.05, 3.63) is 112 Å². The van der Waals surface area contributed by atoms with Gasteiger partial charge in [-0.15, -0.1) is 11.6 Å². The number of oxazole rings is 1. The molecule has 2 fully saturated rings. The summed E-state index contributed by atoms with van der Waals surface area (Å²) >= 11 is 14.4. The minimum atomic E-state index is -1.48. The van der Waals surface area contributed by atoms with Gasteiger partial charge in [0.05, 0.1) is 11.1 Å². The molecule has 50 heavy (non-hydrogen) atoms. The van der Waals surface area contributed by atoms with E-state index in [0.29, 0.717) is 48.7 Å². The molecule has 1 amide bonds. The molecular formula is C38H39Cl2N5O5. The lowest BCUT2D eigenvalue weighted by Gasteiger charge is -2.44. The number of carboxylic acid groups (broad SMARTS) is 1. The zero-order valence-electron chi connectivity index (χ0n) is 27.7. The number of fused-ring (bicyclic) bond motifs is 1. The van der Waals surface area contributed by atoms with E-state index in [4.69, 9.17) is 32.6 Å². The van der Waals surface area contributed by atoms with Gasteiger partial charge < -0.3 is 19.9 Å². The van der Waals surface area contributed by atoms with E-state index >= 15 is 0 Å². The number of alkyl halides is 1. The molecule has 2 aromatic heterocycles. The molecule has 10 nitrogen and oxygen atoms in total. The quantitative estimate of drug-likeness (QED) is 0.174. The van der Waals surface area contributed by atoms with Crippen molar-refractivity contribution in [2.75, 3.05) is 19.6 Å². The number of hydrogen-bond donors (Lipinski definition) is 3. The maximum absolute atomic E-state index is 14.1. The lowest BCUT2D eigenvalue weighted by atomic mass is 9.73. The molecule has 2 aliphatic heterocycles. The van der Waals surface area contributed by atoms with Gasteiger partial charge in [-0.2, -0.15) is 0 Å². The number of pyridine rings is 1. The van der Waals surface area contributed by atoms with E-state index in [-0.39, 0.29) is 17.7 Å². The number of likely N-dealkylation sites (tertiary alicyclic amines) is 2. The first-order chi connectivity index (χ1) is 24.0. The summed E-state index contributed by atoms with van der Waals surface area (Å²) in [6.45, 7) is 4.93. The number of piperidine rings is 1. The van der Waals surface area contributed by atoms with Crippen molar-refractivity contribution in [3.63, 3.8) is 0 Å². The van der Waals surface area contributed by atoms with Crippen LogP contribution < -0.4 is 5.32 Å². The first-order valence-electron chi connectivity index (χ1n) is 16.9. The molecule has 0 radical (unpaired) electrons. The minimum absolute atomic E-state index is 0.140. The summed E-state index contributed by atoms with van der Waals surface area (Å²) in [6, 6.07) is 16.3. The molecule has 3 aliphatic rings. The van der Waals surface area contributed by atoms with Crippen molar-refractivity contribution in [2.24, 2.45) is 0 Å². The van der Waals surface area contributed by atoms with E-state index in [1.807, 2.05) is 66.4 Å². The van der Waals surface area contributed by atoms with Crippen LogP contribution >= 0.6 is 23.2 Å². The summed E-state index contributed by atoms with van der Waals surface area (Å²) < 4.78 is 6.43. The topological polar surface area (TPSA) is 132 Å². The number of hydrogen-bond acceptors (Lipinski definition) is 8. The highest BCUT2D eigenvalue weighted by Gasteiger charge is 2.55. The highest BCUT2D eigenvalue weighted by molar-refractivity contribution is 6.35. The Kier molecular flexibility index (Phi) is 9.58. The molecule has 0 bridgehead atoms. The lowest BCUT2D eigenvalue weighted by Crippen LogP contribution is -2.58. The average Bonchev–Trinajstić information content (AvgIpc) is 3.72. The summed E-state index contributed by atoms with van der Waals surface area (Å²) in [7, 11) is 0. The number of β-amino-alcohol motifs (C(OH)–C–C–N with tert-alkyl or cyclic N) is 1. The first kappa shape index (κ1) is 34.4. The van der Waals surface area contributed by atoms with Gasteiger partial charge in [0.15, 0.2) is 11.1 Å². The van der Waals surface area contributed by atoms with Gasteiger partial charge in [0.25, 0.3) is 5.91 Å². The summed E-state index contributed by atoms with van der Waals surface area (Å²) in [5.41, 5.74) is 2.86. The summed E-state index contributed by atoms with van der Waals surface area (Å²) in [5, 5.41) is 23.2. The number of aliphatic hydroxyl groups excluding tert-OH is 1. The fourth-order valence-corrected chi connectivity index (χ4v) is 8.03. The Morgan fingerprint density at radius 3 is 2.60 bits per heavy atom. The van der Waals surface area contributed by atoms with Crippen LogP contribution in [0.3, 0.4) is 0 Å². The number of halogens is 2. The van der Waals surface area contributed by atoms with Gasteiger partial charge in [-0.25, -0.2) is 4.98 Å². The zero-order valence-corrected chi connectivity index (χ0v) is 29.2. The maximum Gasteiger partial charge on any atom is 0.320 e. The van der Waals surface area contributed by atoms with Gasteiger partial charge in [0.1, 0.15) is 22.1 Å². The second kappa shape index (κ2) is 13.9. The van der Waals surface area contributed by atoms with Gasteiger partial charge in [0.2, 0.25) is 5.89 Å². The van der Waals surface area contributed by atoms with Crippen LogP contribution in [0.5, 0.6) is 0 Å². The van der Waals surface area contributed by atoms with E-state index in [2.05, 4.69) is 15.2 Å². The second-order valence-corrected chi connectivity index (χ2v) is 14.7. The number of benzene rings is 2. The Morgan fingerprint density at radius 1 is 1.06 bits per heavy atom. The fourth-order valence-electron chi connectivity index (χ4n) is 7.39. The Hall–Kier alpha value is -4.06. The molecule has 260 valence electrons. The number of allylic oxidation sites excluding steroid dienone is 2. The lowest BCUT2D eigenvalue weighted by molar-refractivity contribution is -0.144. The van der Waals surface area contributed by atoms with E-state index in [1.54, 1.807) is 24.4 Å². The molecule has 12 heteroatoms. The van der Waals surface area contributed by atoms with E-state index in [1.165, 1.54) is 0 Å². The maximum atomic E-state index is 14.1. The molecular weight excluding hydrogens is 677 g/mol. The third kappa shape index (κ3) is 6.58. The standard InChI is InChI=1S/C38H39Cl2N5O5/c1-37(40)28(26-8-3-2-4-9-26)10-7-15-38(37,43-34(47)30-13-12-24(20-41-30)21-44-17-14-27(46)23-44)36-42-31-19-25(18-29(39)33(31)50-36)22-45-16-6-5-11-32(45)35(48)49/h2-4,7-10,12-13,15,18-20,27,32,46H,5-6,11,14,16-17,21-23H2,1H3,(H,43,47)(H,48,49). The molecule has 2 saturated heterocycles. The van der Waals surface area contributed by atoms with E-state index < -0.39 is 28.3 Å². The highest BCUT2D eigenvalue weighted by atomic mass is 35.5. The predicted octanol–water partition coefficient (Wildman–Crippen LogP) is 6.16. The third-order valence-corrected chi connectivity index (χ3v) is 10.9. The smallest absolute Gasteiger partial charge is 0.320 e. The molecule has 0 spiro atoms. The molecule has 4 aromatic rings. The summed E-state index contributed by atoms with van der Waals surface area (Å²) in [4.78, 5) is 38.3. The molecule has 3 N–H and O–H groups in total. The van der Waals surface area contributed by atoms with Crippen LogP contribution in [0.1, 0.15) is 65.7 Å². The number of carboxylic acids is 1. The number of carbonyl (C=O) groups excluding carboxylic acids is 1. The normalized spacial score (nSPS) is 25.9. The molecule has 4 heterocycles. The van der Waals surface area contributed by atoms with Crippen LogP contribution in [0, 0.1) is 0 Å². The minimum Gasteiger partial charge on any atom is -0.480 e. The number of aromatic nitrogens is 2. The van der Waals surface area contributed by atoms with Crippen molar-refractivity contribution in [2.45, 2.75) is 68.3 Å². The van der Waals surface area contributed by atoms with Gasteiger partial charge in [-0.05, 0) is 79.3 Å². The van der Waals surface area contributed by atoms with Crippen LogP contribution in [-0.4, -0.2) is 78.5 Å². The Bertz CT molecular complexity index is 1960. The Morgan fingerprint density at radius 2 is 1.88 bits per heavy atom. The van der Waals surface area contributed by atoms with E-state index in [0.717, 1.165) is 48.1 Å². The molecule has 1 aliphatic carbocycles. The fraction of sp³-hybridized carbons (Fsp3) is 0.368. The second-order valence-electron chi connectivity index (χ2n) is 13.6. The van der Waals surface area contributed by atoms with Gasteiger partial charge in [-0.3, -0.25) is 24.4 Å². The van der Waals surface area contributed by atoms with Crippen LogP contribution in [0.25, 0.3) is 16.7 Å². The number of rotatable bonds is 9. The van der Waals surface area contributed by atoms with Gasteiger partial charge >= 0.3 is 5.97 Å². The monoisotopic (exact) mass is 715 g/mol. The largest absolute Gasteiger partial charge is 0.480 e. The Balaban J connectivity index is 1.24. The van der Waals surface area contributed by atoms with Crippen molar-refractivity contribution >= 4 is 51.8 Å². The van der Waals surface area contributed by atoms with E-state index in [9.17, 15) is 19.8 Å². The molecule has 4 atom stereocenters. The number of nitrogens with zero attached hydrogens (tertiary/aromatic N) is 4. The summed E-state index contributed by atoms with van der Waals surface area (Å²) in [5.74, 6) is -1.17. The highest BCUT2D eigenvalue weighted by Crippen LogP contribution is 2.50. The number of aliphatic carboxylic acids is 1. The molecule has 4 unspecified atom stereocenters. The Labute approximate surface area is 300 Å². The molecule has 2 aromatic carbocycles. The number of carbonyl (C=O) groups is 2. The molecule has 7 rings (SSSR count). The number of nitrogens with one attached hydrogen (secondary N) is 1. The third-order valence-electron chi connectivity index (χ3n) is 10.1.